The monoisotopic (exact) mass is 490 g/mol. The summed E-state index contributed by atoms with van der Waals surface area (Å²) in [4.78, 5) is 10.3. The predicted octanol–water partition coefficient (Wildman–Crippen LogP) is 6.03. The van der Waals surface area contributed by atoms with E-state index in [9.17, 15) is 4.79 Å². The molecule has 0 aromatic carbocycles. The van der Waals surface area contributed by atoms with E-state index in [-0.39, 0.29) is 13.0 Å². The van der Waals surface area contributed by atoms with E-state index >= 15 is 0 Å². The lowest BCUT2D eigenvalue weighted by molar-refractivity contribution is -0.138. The van der Waals surface area contributed by atoms with Crippen LogP contribution in [0.25, 0.3) is 0 Å². The van der Waals surface area contributed by atoms with Crippen LogP contribution in [0.4, 0.5) is 0 Å². The molecule has 7 heteroatoms. The highest BCUT2D eigenvalue weighted by molar-refractivity contribution is 5.66. The topological polar surface area (TPSA) is 83.5 Å². The first-order chi connectivity index (χ1) is 16.8. The molecule has 0 aliphatic rings. The van der Waals surface area contributed by atoms with Gasteiger partial charge in [0.2, 0.25) is 0 Å². The summed E-state index contributed by atoms with van der Waals surface area (Å²) in [6.07, 6.45) is 19.3. The van der Waals surface area contributed by atoms with Gasteiger partial charge < -0.3 is 28.8 Å². The zero-order valence-corrected chi connectivity index (χ0v) is 22.1. The number of hydrogen-bond donors (Lipinski definition) is 1. The minimum Gasteiger partial charge on any atom is -0.481 e. The van der Waals surface area contributed by atoms with E-state index in [0.717, 1.165) is 13.0 Å². The molecule has 0 saturated carbocycles. The number of carboxylic acid groups (broad SMARTS) is 1. The van der Waals surface area contributed by atoms with Gasteiger partial charge in [0.15, 0.2) is 0 Å². The summed E-state index contributed by atoms with van der Waals surface area (Å²) >= 11 is 0. The smallest absolute Gasteiger partial charge is 0.305 e. The van der Waals surface area contributed by atoms with Crippen molar-refractivity contribution in [3.63, 3.8) is 0 Å². The van der Waals surface area contributed by atoms with Gasteiger partial charge in [-0.2, -0.15) is 0 Å². The van der Waals surface area contributed by atoms with Gasteiger partial charge in [0.25, 0.3) is 0 Å². The lowest BCUT2D eigenvalue weighted by Crippen LogP contribution is -2.13. The van der Waals surface area contributed by atoms with Crippen LogP contribution in [0, 0.1) is 0 Å². The molecule has 0 saturated heterocycles. The van der Waals surface area contributed by atoms with Crippen LogP contribution in [0.1, 0.15) is 103 Å². The molecule has 34 heavy (non-hydrogen) atoms. The first-order valence-corrected chi connectivity index (χ1v) is 13.9. The standard InChI is InChI=1S/C27H54O7/c1-2-3-4-5-6-7-8-9-10-11-12-13-14-15-17-30-19-21-32-23-25-34-26-24-33-22-20-31-18-16-27(28)29/h2-26H2,1H3,(H,28,29). The van der Waals surface area contributed by atoms with Crippen molar-refractivity contribution in [1.82, 2.24) is 0 Å². The van der Waals surface area contributed by atoms with Gasteiger partial charge >= 0.3 is 5.97 Å². The number of carboxylic acids is 1. The summed E-state index contributed by atoms with van der Waals surface area (Å²) in [5, 5.41) is 8.47. The largest absolute Gasteiger partial charge is 0.481 e. The summed E-state index contributed by atoms with van der Waals surface area (Å²) < 4.78 is 27.0. The van der Waals surface area contributed by atoms with E-state index in [4.69, 9.17) is 28.8 Å². The predicted molar refractivity (Wildman–Crippen MR) is 137 cm³/mol. The van der Waals surface area contributed by atoms with Gasteiger partial charge in [-0.15, -0.1) is 0 Å². The molecule has 0 bridgehead atoms. The van der Waals surface area contributed by atoms with Gasteiger partial charge in [0.05, 0.1) is 65.9 Å². The van der Waals surface area contributed by atoms with Crippen LogP contribution in [0.5, 0.6) is 0 Å². The van der Waals surface area contributed by atoms with Gasteiger partial charge in [-0.1, -0.05) is 90.4 Å². The van der Waals surface area contributed by atoms with E-state index in [1.54, 1.807) is 0 Å². The lowest BCUT2D eigenvalue weighted by Gasteiger charge is -2.08. The minimum atomic E-state index is -0.854. The molecule has 0 amide bonds. The van der Waals surface area contributed by atoms with Crippen molar-refractivity contribution >= 4 is 5.97 Å². The molecule has 0 aromatic rings. The van der Waals surface area contributed by atoms with E-state index in [1.807, 2.05) is 0 Å². The minimum absolute atomic E-state index is 0.0215. The Labute approximate surface area is 209 Å². The molecule has 0 aliphatic carbocycles. The highest BCUT2D eigenvalue weighted by Gasteiger charge is 1.97. The van der Waals surface area contributed by atoms with Crippen LogP contribution in [0.2, 0.25) is 0 Å². The number of ether oxygens (including phenoxy) is 5. The Bertz CT molecular complexity index is 393. The number of carbonyl (C=O) groups is 1. The van der Waals surface area contributed by atoms with Crippen molar-refractivity contribution in [1.29, 1.82) is 0 Å². The molecule has 0 fully saturated rings. The molecule has 0 aromatic heterocycles. The van der Waals surface area contributed by atoms with Crippen molar-refractivity contribution in [2.45, 2.75) is 103 Å². The van der Waals surface area contributed by atoms with Crippen molar-refractivity contribution in [3.05, 3.63) is 0 Å². The summed E-state index contributed by atoms with van der Waals surface area (Å²) in [5.74, 6) is -0.854. The number of hydrogen-bond acceptors (Lipinski definition) is 6. The van der Waals surface area contributed by atoms with Crippen LogP contribution in [-0.2, 0) is 28.5 Å². The van der Waals surface area contributed by atoms with Crippen LogP contribution >= 0.6 is 0 Å². The molecule has 0 heterocycles. The fourth-order valence-corrected chi connectivity index (χ4v) is 3.54. The third kappa shape index (κ3) is 31.3. The Balaban J connectivity index is 3.01. The molecule has 7 nitrogen and oxygen atoms in total. The van der Waals surface area contributed by atoms with Gasteiger partial charge in [-0.25, -0.2) is 0 Å². The van der Waals surface area contributed by atoms with Gasteiger partial charge in [0.1, 0.15) is 0 Å². The highest BCUT2D eigenvalue weighted by Crippen LogP contribution is 2.12. The second-order valence-corrected chi connectivity index (χ2v) is 8.80. The number of aliphatic carboxylic acids is 1. The maximum atomic E-state index is 10.3. The molecule has 1 N–H and O–H groups in total. The van der Waals surface area contributed by atoms with Crippen molar-refractivity contribution < 1.29 is 33.6 Å². The Morgan fingerprint density at radius 2 is 0.735 bits per heavy atom. The fourth-order valence-electron chi connectivity index (χ4n) is 3.54. The zero-order chi connectivity index (χ0) is 24.8. The summed E-state index contributed by atoms with van der Waals surface area (Å²) in [5.41, 5.74) is 0. The maximum Gasteiger partial charge on any atom is 0.305 e. The second-order valence-electron chi connectivity index (χ2n) is 8.80. The molecule has 0 atom stereocenters. The quantitative estimate of drug-likeness (QED) is 0.123. The average Bonchev–Trinajstić information content (AvgIpc) is 2.83. The second kappa shape index (κ2) is 30.3. The van der Waals surface area contributed by atoms with Crippen LogP contribution in [0.3, 0.4) is 0 Å². The van der Waals surface area contributed by atoms with E-state index in [2.05, 4.69) is 6.92 Å². The Hall–Kier alpha value is -0.730. The Kier molecular flexibility index (Phi) is 29.7. The third-order valence-electron chi connectivity index (χ3n) is 5.59. The lowest BCUT2D eigenvalue weighted by atomic mass is 10.0. The first-order valence-electron chi connectivity index (χ1n) is 13.9. The number of unbranched alkanes of at least 4 members (excludes halogenated alkanes) is 13. The summed E-state index contributed by atoms with van der Waals surface area (Å²) in [6.45, 7) is 7.50. The van der Waals surface area contributed by atoms with Gasteiger partial charge in [-0.05, 0) is 6.42 Å². The molecule has 0 spiro atoms. The molecular weight excluding hydrogens is 436 g/mol. The molecule has 204 valence electrons. The molecule has 0 aliphatic heterocycles. The molecule has 0 radical (unpaired) electrons. The summed E-state index contributed by atoms with van der Waals surface area (Å²) in [6, 6.07) is 0. The van der Waals surface area contributed by atoms with Crippen LogP contribution in [-0.4, -0.2) is 77.1 Å². The van der Waals surface area contributed by atoms with E-state index < -0.39 is 5.97 Å². The Morgan fingerprint density at radius 1 is 0.441 bits per heavy atom. The zero-order valence-electron chi connectivity index (χ0n) is 22.1. The Morgan fingerprint density at radius 3 is 1.09 bits per heavy atom. The van der Waals surface area contributed by atoms with E-state index in [0.29, 0.717) is 52.9 Å². The van der Waals surface area contributed by atoms with Crippen molar-refractivity contribution in [2.24, 2.45) is 0 Å². The van der Waals surface area contributed by atoms with Crippen LogP contribution < -0.4 is 0 Å². The number of rotatable bonds is 30. The molecule has 0 unspecified atom stereocenters. The summed E-state index contributed by atoms with van der Waals surface area (Å²) in [7, 11) is 0. The van der Waals surface area contributed by atoms with Gasteiger partial charge in [0, 0.05) is 6.61 Å². The average molecular weight is 491 g/mol. The molecule has 0 rings (SSSR count). The molecular formula is C27H54O7. The third-order valence-corrected chi connectivity index (χ3v) is 5.59. The van der Waals surface area contributed by atoms with Gasteiger partial charge in [-0.3, -0.25) is 4.79 Å². The van der Waals surface area contributed by atoms with Crippen LogP contribution in [0.15, 0.2) is 0 Å². The first kappa shape index (κ1) is 33.3. The van der Waals surface area contributed by atoms with E-state index in [1.165, 1.54) is 83.5 Å². The fraction of sp³-hybridized carbons (Fsp3) is 0.963. The highest BCUT2D eigenvalue weighted by atomic mass is 16.6. The van der Waals surface area contributed by atoms with Crippen molar-refractivity contribution in [2.75, 3.05) is 66.1 Å². The maximum absolute atomic E-state index is 10.3. The normalized spacial score (nSPS) is 11.3. The SMILES string of the molecule is CCCCCCCCCCCCCCCCOCCOCCOCCOCCOCCC(=O)O. The van der Waals surface area contributed by atoms with Crippen molar-refractivity contribution in [3.8, 4) is 0 Å².